The number of para-hydroxylation sites is 1. The number of hydrogen-bond donors (Lipinski definition) is 1. The quantitative estimate of drug-likeness (QED) is 0.737. The number of aryl methyl sites for hydroxylation is 1. The molecule has 1 aromatic heterocycles. The van der Waals surface area contributed by atoms with Crippen molar-refractivity contribution >= 4 is 34.5 Å². The van der Waals surface area contributed by atoms with Crippen molar-refractivity contribution in [3.05, 3.63) is 47.2 Å². The van der Waals surface area contributed by atoms with Crippen LogP contribution in [0.15, 0.2) is 35.9 Å². The largest absolute Gasteiger partial charge is 0.358 e. The topological polar surface area (TPSA) is 56.4 Å². The number of thioether (sulfide) groups is 1. The van der Waals surface area contributed by atoms with Gasteiger partial charge in [-0.2, -0.15) is 0 Å². The summed E-state index contributed by atoms with van der Waals surface area (Å²) in [7, 11) is 0. The average molecular weight is 426 g/mol. The number of amides is 2. The number of benzene rings is 1. The molecule has 2 saturated heterocycles. The Hall–Kier alpha value is -2.21. The summed E-state index contributed by atoms with van der Waals surface area (Å²) in [6.07, 6.45) is 4.72. The highest BCUT2D eigenvalue weighted by Gasteiger charge is 2.38. The van der Waals surface area contributed by atoms with Crippen molar-refractivity contribution in [1.82, 2.24) is 14.8 Å². The molecule has 2 aliphatic heterocycles. The minimum atomic E-state index is -0.325. The van der Waals surface area contributed by atoms with Crippen LogP contribution < -0.4 is 0 Å². The third-order valence-corrected chi connectivity index (χ3v) is 7.45. The first kappa shape index (κ1) is 21.0. The molecule has 2 aromatic rings. The van der Waals surface area contributed by atoms with E-state index in [0.717, 1.165) is 37.9 Å². The molecule has 2 fully saturated rings. The normalized spacial score (nSPS) is 20.9. The number of fused-ring (bicyclic) bond motifs is 1. The van der Waals surface area contributed by atoms with Crippen LogP contribution in [0.4, 0.5) is 0 Å². The second kappa shape index (κ2) is 8.88. The molecule has 160 valence electrons. The number of aromatic amines is 1. The first-order valence-corrected chi connectivity index (χ1v) is 12.1. The highest BCUT2D eigenvalue weighted by molar-refractivity contribution is 7.99. The molecule has 1 atom stereocenters. The van der Waals surface area contributed by atoms with Gasteiger partial charge in [0.1, 0.15) is 6.04 Å². The van der Waals surface area contributed by atoms with E-state index in [0.29, 0.717) is 17.5 Å². The zero-order valence-corrected chi connectivity index (χ0v) is 18.9. The van der Waals surface area contributed by atoms with E-state index in [1.54, 1.807) is 16.7 Å². The molecule has 1 unspecified atom stereocenters. The van der Waals surface area contributed by atoms with E-state index in [1.807, 2.05) is 24.8 Å². The molecule has 5 nitrogen and oxygen atoms in total. The fourth-order valence-corrected chi connectivity index (χ4v) is 6.04. The Morgan fingerprint density at radius 1 is 1.23 bits per heavy atom. The summed E-state index contributed by atoms with van der Waals surface area (Å²) in [4.78, 5) is 33.3. The zero-order chi connectivity index (χ0) is 21.3. The Bertz CT molecular complexity index is 972. The van der Waals surface area contributed by atoms with Gasteiger partial charge in [-0.3, -0.25) is 9.59 Å². The number of piperidine rings is 1. The lowest BCUT2D eigenvalue weighted by molar-refractivity contribution is -0.142. The molecule has 0 aliphatic carbocycles. The molecule has 0 bridgehead atoms. The molecule has 1 N–H and O–H groups in total. The standard InChI is InChI=1S/C24H31N3O2S/c1-4-7-16(2)23(28)27-15-30-14-21(27)24(29)26-12-10-18(11-13-26)22-17(3)25-20-9-6-5-8-19(20)22/h5-9,18,21,25H,4,10-15H2,1-3H3/b16-7-. The second-order valence-electron chi connectivity index (χ2n) is 8.39. The van der Waals surface area contributed by atoms with Crippen LogP contribution in [0.1, 0.15) is 50.3 Å². The van der Waals surface area contributed by atoms with Crippen LogP contribution in [0, 0.1) is 6.92 Å². The van der Waals surface area contributed by atoms with E-state index < -0.39 is 0 Å². The number of rotatable bonds is 4. The minimum absolute atomic E-state index is 0.00417. The smallest absolute Gasteiger partial charge is 0.250 e. The van der Waals surface area contributed by atoms with E-state index in [2.05, 4.69) is 36.2 Å². The monoisotopic (exact) mass is 425 g/mol. The number of allylic oxidation sites excluding steroid dienone is 1. The van der Waals surface area contributed by atoms with E-state index >= 15 is 0 Å². The zero-order valence-electron chi connectivity index (χ0n) is 18.1. The number of nitrogens with zero attached hydrogens (tertiary/aromatic N) is 2. The van der Waals surface area contributed by atoms with Gasteiger partial charge in [0.25, 0.3) is 5.91 Å². The van der Waals surface area contributed by atoms with Gasteiger partial charge in [-0.25, -0.2) is 0 Å². The summed E-state index contributed by atoms with van der Waals surface area (Å²) in [6.45, 7) is 7.55. The van der Waals surface area contributed by atoms with Gasteiger partial charge in [0.05, 0.1) is 5.88 Å². The first-order valence-electron chi connectivity index (χ1n) is 10.9. The maximum Gasteiger partial charge on any atom is 0.250 e. The summed E-state index contributed by atoms with van der Waals surface area (Å²) >= 11 is 1.67. The number of carbonyl (C=O) groups excluding carboxylic acids is 2. The van der Waals surface area contributed by atoms with Crippen molar-refractivity contribution in [2.24, 2.45) is 0 Å². The molecule has 0 saturated carbocycles. The third-order valence-electron chi connectivity index (χ3n) is 6.43. The van der Waals surface area contributed by atoms with Crippen molar-refractivity contribution in [1.29, 1.82) is 0 Å². The number of H-pyrrole nitrogens is 1. The van der Waals surface area contributed by atoms with Gasteiger partial charge in [0.2, 0.25) is 5.91 Å². The lowest BCUT2D eigenvalue weighted by atomic mass is 9.87. The number of nitrogens with one attached hydrogen (secondary N) is 1. The molecule has 0 spiro atoms. The van der Waals surface area contributed by atoms with Crippen LogP contribution in [-0.2, 0) is 9.59 Å². The maximum atomic E-state index is 13.3. The van der Waals surface area contributed by atoms with Gasteiger partial charge in [-0.15, -0.1) is 11.8 Å². The minimum Gasteiger partial charge on any atom is -0.358 e. The van der Waals surface area contributed by atoms with Gasteiger partial charge in [-0.1, -0.05) is 31.2 Å². The summed E-state index contributed by atoms with van der Waals surface area (Å²) in [5.41, 5.74) is 4.58. The number of aromatic nitrogens is 1. The fourth-order valence-electron chi connectivity index (χ4n) is 4.89. The molecule has 3 heterocycles. The van der Waals surface area contributed by atoms with Crippen LogP contribution >= 0.6 is 11.8 Å². The van der Waals surface area contributed by atoms with Crippen molar-refractivity contribution in [3.8, 4) is 0 Å². The van der Waals surface area contributed by atoms with Gasteiger partial charge in [0.15, 0.2) is 0 Å². The van der Waals surface area contributed by atoms with Crippen molar-refractivity contribution in [3.63, 3.8) is 0 Å². The van der Waals surface area contributed by atoms with Crippen LogP contribution in [-0.4, -0.2) is 57.4 Å². The van der Waals surface area contributed by atoms with E-state index in [9.17, 15) is 9.59 Å². The Morgan fingerprint density at radius 2 is 1.97 bits per heavy atom. The SMILES string of the molecule is CC/C=C(/C)C(=O)N1CSCC1C(=O)N1CCC(c2c(C)[nH]c3ccccc23)CC1. The highest BCUT2D eigenvalue weighted by atomic mass is 32.2. The summed E-state index contributed by atoms with van der Waals surface area (Å²) in [5.74, 6) is 1.90. The van der Waals surface area contributed by atoms with Crippen molar-refractivity contribution < 1.29 is 9.59 Å². The van der Waals surface area contributed by atoms with Crippen LogP contribution in [0.3, 0.4) is 0 Å². The molecule has 6 heteroatoms. The molecule has 2 amide bonds. The van der Waals surface area contributed by atoms with Gasteiger partial charge < -0.3 is 14.8 Å². The third kappa shape index (κ3) is 3.89. The second-order valence-corrected chi connectivity index (χ2v) is 9.39. The van der Waals surface area contributed by atoms with Gasteiger partial charge in [-0.05, 0) is 50.7 Å². The molecule has 30 heavy (non-hydrogen) atoms. The molecule has 1 aromatic carbocycles. The average Bonchev–Trinajstić information content (AvgIpc) is 3.37. The maximum absolute atomic E-state index is 13.3. The summed E-state index contributed by atoms with van der Waals surface area (Å²) in [6, 6.07) is 8.15. The Labute approximate surface area is 182 Å². The molecular weight excluding hydrogens is 394 g/mol. The number of likely N-dealkylation sites (tertiary alicyclic amines) is 1. The highest BCUT2D eigenvalue weighted by Crippen LogP contribution is 2.36. The summed E-state index contributed by atoms with van der Waals surface area (Å²) < 4.78 is 0. The number of carbonyl (C=O) groups is 2. The Kier molecular flexibility index (Phi) is 6.23. The lowest BCUT2D eigenvalue weighted by Gasteiger charge is -2.35. The van der Waals surface area contributed by atoms with Crippen LogP contribution in [0.5, 0.6) is 0 Å². The van der Waals surface area contributed by atoms with Gasteiger partial charge >= 0.3 is 0 Å². The predicted molar refractivity (Wildman–Crippen MR) is 124 cm³/mol. The summed E-state index contributed by atoms with van der Waals surface area (Å²) in [5, 5.41) is 1.31. The van der Waals surface area contributed by atoms with E-state index in [-0.39, 0.29) is 17.9 Å². The first-order chi connectivity index (χ1) is 14.5. The fraction of sp³-hybridized carbons (Fsp3) is 0.500. The molecule has 0 radical (unpaired) electrons. The van der Waals surface area contributed by atoms with Crippen LogP contribution in [0.2, 0.25) is 0 Å². The van der Waals surface area contributed by atoms with E-state index in [4.69, 9.17) is 0 Å². The van der Waals surface area contributed by atoms with Crippen molar-refractivity contribution in [2.75, 3.05) is 24.7 Å². The predicted octanol–water partition coefficient (Wildman–Crippen LogP) is 4.44. The van der Waals surface area contributed by atoms with E-state index in [1.165, 1.54) is 22.2 Å². The lowest BCUT2D eigenvalue weighted by Crippen LogP contribution is -2.51. The van der Waals surface area contributed by atoms with Gasteiger partial charge in [0, 0.05) is 41.0 Å². The van der Waals surface area contributed by atoms with Crippen molar-refractivity contribution in [2.45, 2.75) is 52.0 Å². The van der Waals surface area contributed by atoms with Crippen LogP contribution in [0.25, 0.3) is 10.9 Å². The Balaban J connectivity index is 1.43. The molecular formula is C24H31N3O2S. The number of hydrogen-bond acceptors (Lipinski definition) is 3. The molecule has 4 rings (SSSR count). The molecule has 2 aliphatic rings. The Morgan fingerprint density at radius 3 is 2.70 bits per heavy atom.